The third-order valence-corrected chi connectivity index (χ3v) is 4.78. The highest BCUT2D eigenvalue weighted by Crippen LogP contribution is 2.39. The van der Waals surface area contributed by atoms with Gasteiger partial charge >= 0.3 is 0 Å². The minimum absolute atomic E-state index is 0.805. The van der Waals surface area contributed by atoms with E-state index in [0.717, 1.165) is 50.5 Å². The topological polar surface area (TPSA) is 53.1 Å². The third-order valence-electron chi connectivity index (χ3n) is 4.78. The highest BCUT2D eigenvalue weighted by Gasteiger charge is 2.18. The van der Waals surface area contributed by atoms with Gasteiger partial charge in [0.25, 0.3) is 0 Å². The smallest absolute Gasteiger partial charge is 0.141 e. The second kappa shape index (κ2) is 6.02. The first-order valence-electron chi connectivity index (χ1n) is 8.53. The summed E-state index contributed by atoms with van der Waals surface area (Å²) in [6.07, 6.45) is 1.84. The van der Waals surface area contributed by atoms with Crippen molar-refractivity contribution in [3.63, 3.8) is 0 Å². The van der Waals surface area contributed by atoms with Crippen molar-refractivity contribution in [1.29, 1.82) is 0 Å². The third kappa shape index (κ3) is 2.47. The van der Waals surface area contributed by atoms with Crippen LogP contribution in [0, 0.1) is 20.8 Å². The molecular weight excluding hydrogens is 326 g/mol. The Hall–Kier alpha value is -3.08. The molecule has 0 saturated heterocycles. The number of methoxy groups -OCH3 is 1. The largest absolute Gasteiger partial charge is 0.496 e. The molecule has 0 spiro atoms. The Balaban J connectivity index is 2.09. The summed E-state index contributed by atoms with van der Waals surface area (Å²) in [5.41, 5.74) is 8.26. The molecule has 0 bridgehead atoms. The predicted octanol–water partition coefficient (Wildman–Crippen LogP) is 4.83. The lowest BCUT2D eigenvalue weighted by atomic mass is 9.95. The van der Waals surface area contributed by atoms with E-state index in [4.69, 9.17) is 9.26 Å². The number of benzene rings is 2. The quantitative estimate of drug-likeness (QED) is 0.533. The van der Waals surface area contributed by atoms with Gasteiger partial charge in [0.15, 0.2) is 0 Å². The summed E-state index contributed by atoms with van der Waals surface area (Å²) in [7, 11) is 3.71. The van der Waals surface area contributed by atoms with Gasteiger partial charge in [0.1, 0.15) is 11.5 Å². The van der Waals surface area contributed by atoms with Gasteiger partial charge in [0, 0.05) is 23.7 Å². The molecule has 2 heterocycles. The molecule has 0 amide bonds. The van der Waals surface area contributed by atoms with Gasteiger partial charge in [0.2, 0.25) is 0 Å². The van der Waals surface area contributed by atoms with E-state index in [1.54, 1.807) is 7.11 Å². The molecule has 5 heteroatoms. The maximum atomic E-state index is 5.64. The zero-order valence-electron chi connectivity index (χ0n) is 15.6. The maximum Gasteiger partial charge on any atom is 0.141 e. The van der Waals surface area contributed by atoms with Crippen LogP contribution >= 0.6 is 0 Å². The predicted molar refractivity (Wildman–Crippen MR) is 102 cm³/mol. The molecule has 0 fully saturated rings. The van der Waals surface area contributed by atoms with Crippen LogP contribution in [0.4, 0.5) is 0 Å². The molecule has 5 nitrogen and oxygen atoms in total. The number of hydrogen-bond acceptors (Lipinski definition) is 4. The first-order valence-corrected chi connectivity index (χ1v) is 8.53. The van der Waals surface area contributed by atoms with E-state index in [-0.39, 0.29) is 0 Å². The normalized spacial score (nSPS) is 11.3. The monoisotopic (exact) mass is 347 g/mol. The Morgan fingerprint density at radius 1 is 1.04 bits per heavy atom. The number of hydrogen-bond donors (Lipinski definition) is 0. The summed E-state index contributed by atoms with van der Waals surface area (Å²) in [6, 6.07) is 10.5. The molecule has 0 radical (unpaired) electrons. The van der Waals surface area contributed by atoms with Gasteiger partial charge < -0.3 is 13.8 Å². The summed E-state index contributed by atoms with van der Waals surface area (Å²) < 4.78 is 13.1. The van der Waals surface area contributed by atoms with Gasteiger partial charge in [-0.25, -0.2) is 4.98 Å². The van der Waals surface area contributed by atoms with Crippen molar-refractivity contribution in [2.45, 2.75) is 20.8 Å². The highest BCUT2D eigenvalue weighted by molar-refractivity contribution is 5.98. The average molecular weight is 347 g/mol. The molecule has 132 valence electrons. The number of aromatic nitrogens is 3. The Kier molecular flexibility index (Phi) is 3.80. The van der Waals surface area contributed by atoms with Crippen LogP contribution in [0.1, 0.15) is 17.0 Å². The first kappa shape index (κ1) is 16.4. The molecule has 26 heavy (non-hydrogen) atoms. The Bertz CT molecular complexity index is 1100. The summed E-state index contributed by atoms with van der Waals surface area (Å²) in [5.74, 6) is 1.65. The van der Waals surface area contributed by atoms with Crippen LogP contribution in [0.3, 0.4) is 0 Å². The molecular formula is C21H21N3O2. The van der Waals surface area contributed by atoms with Crippen LogP contribution < -0.4 is 4.74 Å². The Morgan fingerprint density at radius 2 is 1.85 bits per heavy atom. The number of aryl methyl sites for hydroxylation is 4. The molecule has 0 aliphatic rings. The second-order valence-electron chi connectivity index (χ2n) is 6.65. The van der Waals surface area contributed by atoms with Crippen LogP contribution in [0.2, 0.25) is 0 Å². The number of fused-ring (bicyclic) bond motifs is 1. The second-order valence-corrected chi connectivity index (χ2v) is 6.65. The fraction of sp³-hybridized carbons (Fsp3) is 0.238. The molecule has 0 saturated carbocycles. The van der Waals surface area contributed by atoms with Crippen LogP contribution in [-0.2, 0) is 7.05 Å². The SMILES string of the molecule is COc1ccc(C)cc1-c1cc(-c2c(C)noc2C)cc2ncn(C)c12. The standard InChI is InChI=1S/C21H21N3O2/c1-12-6-7-19(25-5)16(8-12)17-9-15(20-13(2)23-26-14(20)3)10-18-21(17)24(4)11-22-18/h6-11H,1-5H3. The van der Waals surface area contributed by atoms with Gasteiger partial charge in [-0.1, -0.05) is 16.8 Å². The van der Waals surface area contributed by atoms with E-state index in [1.807, 2.05) is 37.9 Å². The Labute approximate surface area is 152 Å². The number of rotatable bonds is 3. The fourth-order valence-electron chi connectivity index (χ4n) is 3.57. The van der Waals surface area contributed by atoms with Gasteiger partial charge in [0.05, 0.1) is 30.2 Å². The molecule has 4 aromatic rings. The summed E-state index contributed by atoms with van der Waals surface area (Å²) in [5, 5.41) is 4.10. The van der Waals surface area contributed by atoms with Gasteiger partial charge in [-0.3, -0.25) is 0 Å². The van der Waals surface area contributed by atoms with Crippen molar-refractivity contribution in [1.82, 2.24) is 14.7 Å². The van der Waals surface area contributed by atoms with E-state index >= 15 is 0 Å². The van der Waals surface area contributed by atoms with Crippen LogP contribution in [-0.4, -0.2) is 21.8 Å². The van der Waals surface area contributed by atoms with E-state index in [9.17, 15) is 0 Å². The van der Waals surface area contributed by atoms with E-state index in [0.29, 0.717) is 0 Å². The minimum Gasteiger partial charge on any atom is -0.496 e. The molecule has 0 aliphatic carbocycles. The molecule has 2 aromatic carbocycles. The zero-order valence-corrected chi connectivity index (χ0v) is 15.6. The fourth-order valence-corrected chi connectivity index (χ4v) is 3.57. The maximum absolute atomic E-state index is 5.64. The summed E-state index contributed by atoms with van der Waals surface area (Å²) in [6.45, 7) is 5.98. The molecule has 0 N–H and O–H groups in total. The summed E-state index contributed by atoms with van der Waals surface area (Å²) in [4.78, 5) is 4.58. The lowest BCUT2D eigenvalue weighted by molar-refractivity contribution is 0.393. The lowest BCUT2D eigenvalue weighted by Gasteiger charge is -2.13. The summed E-state index contributed by atoms with van der Waals surface area (Å²) >= 11 is 0. The molecule has 2 aromatic heterocycles. The van der Waals surface area contributed by atoms with Gasteiger partial charge in [-0.2, -0.15) is 0 Å². The van der Waals surface area contributed by atoms with Crippen molar-refractivity contribution in [2.75, 3.05) is 7.11 Å². The number of nitrogens with zero attached hydrogens (tertiary/aromatic N) is 3. The van der Waals surface area contributed by atoms with Crippen LogP contribution in [0.5, 0.6) is 5.75 Å². The van der Waals surface area contributed by atoms with E-state index in [2.05, 4.69) is 41.3 Å². The van der Waals surface area contributed by atoms with Crippen molar-refractivity contribution in [2.24, 2.45) is 7.05 Å². The van der Waals surface area contributed by atoms with E-state index in [1.165, 1.54) is 5.56 Å². The highest BCUT2D eigenvalue weighted by atomic mass is 16.5. The van der Waals surface area contributed by atoms with E-state index < -0.39 is 0 Å². The van der Waals surface area contributed by atoms with Crippen LogP contribution in [0.15, 0.2) is 41.2 Å². The first-order chi connectivity index (χ1) is 12.5. The number of imidazole rings is 1. The minimum atomic E-state index is 0.805. The zero-order chi connectivity index (χ0) is 18.4. The Morgan fingerprint density at radius 3 is 2.54 bits per heavy atom. The molecule has 0 aliphatic heterocycles. The molecule has 0 atom stereocenters. The van der Waals surface area contributed by atoms with Crippen molar-refractivity contribution >= 4 is 11.0 Å². The lowest BCUT2D eigenvalue weighted by Crippen LogP contribution is -1.94. The van der Waals surface area contributed by atoms with Gasteiger partial charge in [-0.05, 0) is 50.6 Å². The average Bonchev–Trinajstić information content (AvgIpc) is 3.16. The van der Waals surface area contributed by atoms with Crippen molar-refractivity contribution in [3.8, 4) is 28.0 Å². The molecule has 4 rings (SSSR count). The van der Waals surface area contributed by atoms with Crippen LogP contribution in [0.25, 0.3) is 33.3 Å². The number of ether oxygens (including phenoxy) is 1. The van der Waals surface area contributed by atoms with Gasteiger partial charge in [-0.15, -0.1) is 0 Å². The van der Waals surface area contributed by atoms with Crippen molar-refractivity contribution < 1.29 is 9.26 Å². The molecule has 0 unspecified atom stereocenters. The van der Waals surface area contributed by atoms with Crippen molar-refractivity contribution in [3.05, 3.63) is 53.7 Å².